The van der Waals surface area contributed by atoms with Gasteiger partial charge < -0.3 is 0 Å². The summed E-state index contributed by atoms with van der Waals surface area (Å²) in [5.41, 5.74) is 0.259. The van der Waals surface area contributed by atoms with Gasteiger partial charge in [0.25, 0.3) is 0 Å². The number of hydrogen-bond acceptors (Lipinski definition) is 0. The van der Waals surface area contributed by atoms with Gasteiger partial charge in [-0.05, 0) is 25.7 Å². The van der Waals surface area contributed by atoms with E-state index in [1.54, 1.807) is 13.0 Å². The lowest BCUT2D eigenvalue weighted by atomic mass is 9.95. The zero-order chi connectivity index (χ0) is 9.90. The van der Waals surface area contributed by atoms with Gasteiger partial charge in [0, 0.05) is 6.42 Å². The molecule has 0 bridgehead atoms. The van der Waals surface area contributed by atoms with Crippen LogP contribution in [0.5, 0.6) is 0 Å². The summed E-state index contributed by atoms with van der Waals surface area (Å²) >= 11 is 0. The lowest BCUT2D eigenvalue weighted by Gasteiger charge is -2.13. The molecule has 0 saturated carbocycles. The summed E-state index contributed by atoms with van der Waals surface area (Å²) in [6.45, 7) is 6.02. The van der Waals surface area contributed by atoms with E-state index in [2.05, 4.69) is 19.9 Å². The predicted octanol–water partition coefficient (Wildman–Crippen LogP) is 4.04. The fourth-order valence-electron chi connectivity index (χ4n) is 1.59. The van der Waals surface area contributed by atoms with Gasteiger partial charge in [-0.2, -0.15) is 0 Å². The molecule has 0 aliphatic heterocycles. The molecule has 0 aromatic rings. The molecule has 13 heavy (non-hydrogen) atoms. The highest BCUT2D eigenvalue weighted by atomic mass is 19.1. The van der Waals surface area contributed by atoms with Gasteiger partial charge in [-0.15, -0.1) is 0 Å². The Morgan fingerprint density at radius 3 is 2.92 bits per heavy atom. The molecule has 0 fully saturated rings. The molecule has 1 aliphatic carbocycles. The van der Waals surface area contributed by atoms with Crippen LogP contribution in [0.4, 0.5) is 4.39 Å². The fourth-order valence-corrected chi connectivity index (χ4v) is 1.59. The van der Waals surface area contributed by atoms with Gasteiger partial charge >= 0.3 is 0 Å². The van der Waals surface area contributed by atoms with E-state index in [0.717, 1.165) is 12.8 Å². The van der Waals surface area contributed by atoms with Crippen LogP contribution in [-0.2, 0) is 0 Å². The van der Waals surface area contributed by atoms with Crippen molar-refractivity contribution < 1.29 is 4.39 Å². The maximum absolute atomic E-state index is 13.5. The van der Waals surface area contributed by atoms with Crippen LogP contribution in [0.3, 0.4) is 0 Å². The molecule has 0 nitrogen and oxygen atoms in total. The Morgan fingerprint density at radius 1 is 1.62 bits per heavy atom. The SMILES string of the molecule is CCC(C)C1=CCC(C)(F)C=CC1. The van der Waals surface area contributed by atoms with Gasteiger partial charge in [-0.3, -0.25) is 0 Å². The minimum atomic E-state index is -1.13. The third-order valence-corrected chi connectivity index (χ3v) is 2.83. The quantitative estimate of drug-likeness (QED) is 0.565. The second-order valence-electron chi connectivity index (χ2n) is 4.18. The van der Waals surface area contributed by atoms with E-state index in [4.69, 9.17) is 0 Å². The third kappa shape index (κ3) is 2.98. The smallest absolute Gasteiger partial charge is 0.129 e. The monoisotopic (exact) mass is 182 g/mol. The molecule has 0 heterocycles. The lowest BCUT2D eigenvalue weighted by Crippen LogP contribution is -2.11. The Labute approximate surface area is 80.5 Å². The Bertz CT molecular complexity index is 223. The van der Waals surface area contributed by atoms with Crippen molar-refractivity contribution in [3.05, 3.63) is 23.8 Å². The Kier molecular flexibility index (Phi) is 3.29. The second kappa shape index (κ2) is 4.08. The molecule has 0 spiro atoms. The zero-order valence-corrected chi connectivity index (χ0v) is 8.81. The first-order valence-corrected chi connectivity index (χ1v) is 5.10. The molecule has 0 saturated heterocycles. The van der Waals surface area contributed by atoms with Gasteiger partial charge in [0.2, 0.25) is 0 Å². The normalized spacial score (nSPS) is 30.9. The number of hydrogen-bond donors (Lipinski definition) is 0. The Hall–Kier alpha value is -0.590. The summed E-state index contributed by atoms with van der Waals surface area (Å²) in [6, 6.07) is 0. The maximum Gasteiger partial charge on any atom is 0.129 e. The molecule has 0 amide bonds. The average molecular weight is 182 g/mol. The molecular formula is C12H19F. The summed E-state index contributed by atoms with van der Waals surface area (Å²) < 4.78 is 13.5. The van der Waals surface area contributed by atoms with E-state index in [1.165, 1.54) is 5.57 Å². The van der Waals surface area contributed by atoms with Gasteiger partial charge in [0.05, 0.1) is 0 Å². The van der Waals surface area contributed by atoms with Crippen molar-refractivity contribution >= 4 is 0 Å². The molecule has 2 unspecified atom stereocenters. The Morgan fingerprint density at radius 2 is 2.31 bits per heavy atom. The van der Waals surface area contributed by atoms with Gasteiger partial charge in [0.15, 0.2) is 0 Å². The zero-order valence-electron chi connectivity index (χ0n) is 8.81. The predicted molar refractivity (Wildman–Crippen MR) is 55.4 cm³/mol. The van der Waals surface area contributed by atoms with Crippen LogP contribution in [0.15, 0.2) is 23.8 Å². The van der Waals surface area contributed by atoms with Crippen LogP contribution in [0, 0.1) is 5.92 Å². The molecular weight excluding hydrogens is 163 g/mol. The highest BCUT2D eigenvalue weighted by Crippen LogP contribution is 2.27. The molecule has 1 rings (SSSR count). The van der Waals surface area contributed by atoms with Crippen molar-refractivity contribution in [1.82, 2.24) is 0 Å². The highest BCUT2D eigenvalue weighted by Gasteiger charge is 2.20. The summed E-state index contributed by atoms with van der Waals surface area (Å²) in [5.74, 6) is 0.596. The maximum atomic E-state index is 13.5. The first kappa shape index (κ1) is 10.5. The highest BCUT2D eigenvalue weighted by molar-refractivity contribution is 5.18. The molecule has 0 radical (unpaired) electrons. The van der Waals surface area contributed by atoms with Crippen molar-refractivity contribution in [2.45, 2.75) is 45.7 Å². The van der Waals surface area contributed by atoms with E-state index >= 15 is 0 Å². The standard InChI is InChI=1S/C12H19F/c1-4-10(2)11-6-5-8-12(3,13)9-7-11/h5,7-8,10H,4,6,9H2,1-3H3. The molecule has 0 aromatic carbocycles. The van der Waals surface area contributed by atoms with Crippen LogP contribution in [-0.4, -0.2) is 5.67 Å². The average Bonchev–Trinajstić information content (AvgIpc) is 2.25. The minimum Gasteiger partial charge on any atom is -0.239 e. The van der Waals surface area contributed by atoms with Crippen molar-refractivity contribution in [2.75, 3.05) is 0 Å². The second-order valence-corrected chi connectivity index (χ2v) is 4.18. The molecule has 1 heteroatoms. The van der Waals surface area contributed by atoms with E-state index in [1.807, 2.05) is 6.08 Å². The molecule has 74 valence electrons. The first-order valence-electron chi connectivity index (χ1n) is 5.10. The van der Waals surface area contributed by atoms with Crippen LogP contribution >= 0.6 is 0 Å². The Balaban J connectivity index is 2.70. The fraction of sp³-hybridized carbons (Fsp3) is 0.667. The molecule has 0 aromatic heterocycles. The molecule has 2 atom stereocenters. The van der Waals surface area contributed by atoms with Gasteiger partial charge in [-0.1, -0.05) is 37.6 Å². The van der Waals surface area contributed by atoms with Crippen molar-refractivity contribution in [3.8, 4) is 0 Å². The minimum absolute atomic E-state index is 0.531. The largest absolute Gasteiger partial charge is 0.239 e. The van der Waals surface area contributed by atoms with Crippen LogP contribution in [0.25, 0.3) is 0 Å². The van der Waals surface area contributed by atoms with E-state index in [-0.39, 0.29) is 0 Å². The summed E-state index contributed by atoms with van der Waals surface area (Å²) in [4.78, 5) is 0. The number of rotatable bonds is 2. The number of alkyl halides is 1. The van der Waals surface area contributed by atoms with Crippen molar-refractivity contribution in [1.29, 1.82) is 0 Å². The molecule has 0 N–H and O–H groups in total. The third-order valence-electron chi connectivity index (χ3n) is 2.83. The van der Waals surface area contributed by atoms with Gasteiger partial charge in [-0.25, -0.2) is 4.39 Å². The van der Waals surface area contributed by atoms with E-state index in [9.17, 15) is 4.39 Å². The van der Waals surface area contributed by atoms with Gasteiger partial charge in [0.1, 0.15) is 5.67 Å². The van der Waals surface area contributed by atoms with Crippen molar-refractivity contribution in [3.63, 3.8) is 0 Å². The van der Waals surface area contributed by atoms with Crippen LogP contribution < -0.4 is 0 Å². The summed E-state index contributed by atoms with van der Waals surface area (Å²) in [7, 11) is 0. The number of halogens is 1. The summed E-state index contributed by atoms with van der Waals surface area (Å²) in [6.07, 6.45) is 8.33. The summed E-state index contributed by atoms with van der Waals surface area (Å²) in [5, 5.41) is 0. The topological polar surface area (TPSA) is 0 Å². The van der Waals surface area contributed by atoms with E-state index < -0.39 is 5.67 Å². The van der Waals surface area contributed by atoms with Crippen LogP contribution in [0.1, 0.15) is 40.0 Å². The lowest BCUT2D eigenvalue weighted by molar-refractivity contribution is 0.261. The van der Waals surface area contributed by atoms with E-state index in [0.29, 0.717) is 12.3 Å². The number of allylic oxidation sites excluding steroid dienone is 4. The van der Waals surface area contributed by atoms with Crippen LogP contribution in [0.2, 0.25) is 0 Å². The molecule has 1 aliphatic rings. The first-order chi connectivity index (χ1) is 6.05. The van der Waals surface area contributed by atoms with Crippen molar-refractivity contribution in [2.24, 2.45) is 5.92 Å².